The normalized spacial score (nSPS) is 21.9. The molecule has 1 atom stereocenters. The Balaban J connectivity index is 1.54. The number of hydrogen-bond donors (Lipinski definition) is 1. The zero-order valence-electron chi connectivity index (χ0n) is 11.9. The van der Waals surface area contributed by atoms with Crippen molar-refractivity contribution in [3.8, 4) is 0 Å². The lowest BCUT2D eigenvalue weighted by Gasteiger charge is -2.22. The molecule has 5 heteroatoms. The highest BCUT2D eigenvalue weighted by Gasteiger charge is 2.33. The van der Waals surface area contributed by atoms with Gasteiger partial charge >= 0.3 is 6.03 Å². The Morgan fingerprint density at radius 3 is 2.85 bits per heavy atom. The maximum absolute atomic E-state index is 12.3. The summed E-state index contributed by atoms with van der Waals surface area (Å²) < 4.78 is 11.1. The molecular formula is C15H22N2O3. The minimum atomic E-state index is -0.00273. The molecule has 1 aromatic rings. The minimum Gasteiger partial charge on any atom is -0.464 e. The van der Waals surface area contributed by atoms with Crippen LogP contribution in [0.15, 0.2) is 16.5 Å². The summed E-state index contributed by atoms with van der Waals surface area (Å²) >= 11 is 0. The number of carbonyl (C=O) groups is 1. The summed E-state index contributed by atoms with van der Waals surface area (Å²) in [4.78, 5) is 14.2. The second-order valence-electron chi connectivity index (χ2n) is 5.69. The summed E-state index contributed by atoms with van der Waals surface area (Å²) in [6.07, 6.45) is 4.51. The molecule has 110 valence electrons. The summed E-state index contributed by atoms with van der Waals surface area (Å²) in [6, 6.07) is 4.24. The van der Waals surface area contributed by atoms with Crippen LogP contribution in [0.4, 0.5) is 4.79 Å². The van der Waals surface area contributed by atoms with Gasteiger partial charge in [-0.3, -0.25) is 0 Å². The van der Waals surface area contributed by atoms with E-state index in [9.17, 15) is 4.79 Å². The molecule has 1 saturated heterocycles. The second-order valence-corrected chi connectivity index (χ2v) is 5.69. The standard InChI is InChI=1S/C15H22N2O3/c1-11-4-7-14(20-11)10-17(12-5-6-12)15(18)16-9-13-3-2-8-19-13/h4,7,12-13H,2-3,5-6,8-10H2,1H3,(H,16,18)/t13-/m0/s1. The fourth-order valence-corrected chi connectivity index (χ4v) is 2.60. The van der Waals surface area contributed by atoms with E-state index in [2.05, 4.69) is 5.32 Å². The van der Waals surface area contributed by atoms with E-state index in [4.69, 9.17) is 9.15 Å². The Morgan fingerprint density at radius 1 is 1.40 bits per heavy atom. The summed E-state index contributed by atoms with van der Waals surface area (Å²) in [5, 5.41) is 2.99. The van der Waals surface area contributed by atoms with Gasteiger partial charge in [-0.2, -0.15) is 0 Å². The van der Waals surface area contributed by atoms with Crippen LogP contribution in [0.2, 0.25) is 0 Å². The molecular weight excluding hydrogens is 256 g/mol. The number of urea groups is 1. The predicted molar refractivity (Wildman–Crippen MR) is 74.4 cm³/mol. The quantitative estimate of drug-likeness (QED) is 0.900. The Hall–Kier alpha value is -1.49. The van der Waals surface area contributed by atoms with Crippen LogP contribution in [0.5, 0.6) is 0 Å². The second kappa shape index (κ2) is 5.87. The van der Waals surface area contributed by atoms with E-state index in [-0.39, 0.29) is 12.1 Å². The maximum atomic E-state index is 12.3. The average molecular weight is 278 g/mol. The fourth-order valence-electron chi connectivity index (χ4n) is 2.60. The topological polar surface area (TPSA) is 54.7 Å². The molecule has 1 N–H and O–H groups in total. The molecule has 5 nitrogen and oxygen atoms in total. The van der Waals surface area contributed by atoms with E-state index >= 15 is 0 Å². The number of nitrogens with one attached hydrogen (secondary N) is 1. The average Bonchev–Trinajstić information content (AvgIpc) is 2.97. The third-order valence-corrected chi connectivity index (χ3v) is 3.88. The zero-order chi connectivity index (χ0) is 13.9. The van der Waals surface area contributed by atoms with Gasteiger partial charge in [-0.15, -0.1) is 0 Å². The van der Waals surface area contributed by atoms with Crippen molar-refractivity contribution < 1.29 is 13.9 Å². The van der Waals surface area contributed by atoms with Crippen molar-refractivity contribution in [2.45, 2.75) is 51.3 Å². The third-order valence-electron chi connectivity index (χ3n) is 3.88. The first kappa shape index (κ1) is 13.5. The van der Waals surface area contributed by atoms with E-state index in [1.165, 1.54) is 0 Å². The molecule has 2 amide bonds. The van der Waals surface area contributed by atoms with Crippen LogP contribution < -0.4 is 5.32 Å². The lowest BCUT2D eigenvalue weighted by atomic mass is 10.2. The Kier molecular flexibility index (Phi) is 3.96. The molecule has 1 aliphatic carbocycles. The molecule has 2 heterocycles. The number of nitrogens with zero attached hydrogens (tertiary/aromatic N) is 1. The highest BCUT2D eigenvalue weighted by molar-refractivity contribution is 5.74. The van der Waals surface area contributed by atoms with Gasteiger partial charge in [-0.1, -0.05) is 0 Å². The van der Waals surface area contributed by atoms with Crippen LogP contribution in [0.1, 0.15) is 37.2 Å². The number of aryl methyl sites for hydroxylation is 1. The maximum Gasteiger partial charge on any atom is 0.318 e. The lowest BCUT2D eigenvalue weighted by Crippen LogP contribution is -2.43. The Bertz CT molecular complexity index is 461. The molecule has 0 spiro atoms. The van der Waals surface area contributed by atoms with Crippen LogP contribution in [-0.4, -0.2) is 36.2 Å². The third kappa shape index (κ3) is 3.33. The molecule has 1 saturated carbocycles. The molecule has 0 bridgehead atoms. The van der Waals surface area contributed by atoms with Gasteiger partial charge in [0.05, 0.1) is 12.6 Å². The number of ether oxygens (including phenoxy) is 1. The number of carbonyl (C=O) groups excluding carboxylic acids is 1. The van der Waals surface area contributed by atoms with E-state index in [1.54, 1.807) is 0 Å². The van der Waals surface area contributed by atoms with Crippen LogP contribution >= 0.6 is 0 Å². The molecule has 2 aliphatic rings. The summed E-state index contributed by atoms with van der Waals surface area (Å²) in [7, 11) is 0. The van der Waals surface area contributed by atoms with Crippen molar-refractivity contribution in [3.63, 3.8) is 0 Å². The van der Waals surface area contributed by atoms with Crippen molar-refractivity contribution in [2.24, 2.45) is 0 Å². The van der Waals surface area contributed by atoms with Crippen LogP contribution in [0.25, 0.3) is 0 Å². The van der Waals surface area contributed by atoms with Crippen molar-refractivity contribution in [1.82, 2.24) is 10.2 Å². The minimum absolute atomic E-state index is 0.00273. The van der Waals surface area contributed by atoms with Crippen molar-refractivity contribution in [1.29, 1.82) is 0 Å². The predicted octanol–water partition coefficient (Wildman–Crippen LogP) is 2.44. The van der Waals surface area contributed by atoms with Crippen molar-refractivity contribution >= 4 is 6.03 Å². The van der Waals surface area contributed by atoms with Gasteiger partial charge in [0.1, 0.15) is 11.5 Å². The van der Waals surface area contributed by atoms with Gasteiger partial charge in [0.2, 0.25) is 0 Å². The Labute approximate surface area is 119 Å². The zero-order valence-corrected chi connectivity index (χ0v) is 11.9. The van der Waals surface area contributed by atoms with Crippen molar-refractivity contribution in [3.05, 3.63) is 23.7 Å². The molecule has 0 unspecified atom stereocenters. The molecule has 20 heavy (non-hydrogen) atoms. The SMILES string of the molecule is Cc1ccc(CN(C(=O)NC[C@@H]2CCCO2)C2CC2)o1. The van der Waals surface area contributed by atoms with Crippen molar-refractivity contribution in [2.75, 3.05) is 13.2 Å². The summed E-state index contributed by atoms with van der Waals surface area (Å²) in [6.45, 7) is 3.90. The number of amides is 2. The summed E-state index contributed by atoms with van der Waals surface area (Å²) in [5.41, 5.74) is 0. The molecule has 1 aromatic heterocycles. The molecule has 0 radical (unpaired) electrons. The lowest BCUT2D eigenvalue weighted by molar-refractivity contribution is 0.108. The number of furan rings is 1. The van der Waals surface area contributed by atoms with Crippen LogP contribution in [0.3, 0.4) is 0 Å². The van der Waals surface area contributed by atoms with Crippen LogP contribution in [-0.2, 0) is 11.3 Å². The Morgan fingerprint density at radius 2 is 2.25 bits per heavy atom. The van der Waals surface area contributed by atoms with Gasteiger partial charge in [0.25, 0.3) is 0 Å². The highest BCUT2D eigenvalue weighted by atomic mass is 16.5. The first-order valence-corrected chi connectivity index (χ1v) is 7.44. The van der Waals surface area contributed by atoms with Gasteiger partial charge in [-0.25, -0.2) is 4.79 Å². The van der Waals surface area contributed by atoms with Gasteiger partial charge in [0, 0.05) is 19.2 Å². The van der Waals surface area contributed by atoms with E-state index in [0.717, 1.165) is 43.8 Å². The molecule has 3 rings (SSSR count). The monoisotopic (exact) mass is 278 g/mol. The van der Waals surface area contributed by atoms with Gasteiger partial charge < -0.3 is 19.4 Å². The van der Waals surface area contributed by atoms with E-state index in [1.807, 2.05) is 24.0 Å². The largest absolute Gasteiger partial charge is 0.464 e. The van der Waals surface area contributed by atoms with E-state index in [0.29, 0.717) is 19.1 Å². The smallest absolute Gasteiger partial charge is 0.318 e. The first-order chi connectivity index (χ1) is 9.72. The molecule has 1 aliphatic heterocycles. The first-order valence-electron chi connectivity index (χ1n) is 7.44. The van der Waals surface area contributed by atoms with Gasteiger partial charge in [0.15, 0.2) is 0 Å². The fraction of sp³-hybridized carbons (Fsp3) is 0.667. The van der Waals surface area contributed by atoms with Gasteiger partial charge in [-0.05, 0) is 44.7 Å². The molecule has 0 aromatic carbocycles. The summed E-state index contributed by atoms with van der Waals surface area (Å²) in [5.74, 6) is 1.73. The van der Waals surface area contributed by atoms with E-state index < -0.39 is 0 Å². The number of hydrogen-bond acceptors (Lipinski definition) is 3. The highest BCUT2D eigenvalue weighted by Crippen LogP contribution is 2.28. The number of rotatable bonds is 5. The van der Waals surface area contributed by atoms with Crippen LogP contribution in [0, 0.1) is 6.92 Å². The molecule has 2 fully saturated rings.